The molecule has 2 aromatic rings. The molecule has 9 heteroatoms. The predicted octanol–water partition coefficient (Wildman–Crippen LogP) is 4.14. The Hall–Kier alpha value is -1.12. The molecule has 0 radical (unpaired) electrons. The van der Waals surface area contributed by atoms with Gasteiger partial charge in [-0.3, -0.25) is 4.90 Å². The number of fused-ring (bicyclic) bond motifs is 1. The van der Waals surface area contributed by atoms with E-state index < -0.39 is 6.29 Å². The number of hydrogen-bond donors (Lipinski definition) is 1. The van der Waals surface area contributed by atoms with E-state index in [-0.39, 0.29) is 29.9 Å². The standard InChI is InChI=1S/C16H15ClF2N2O2S.ClH/c17-13-5-4-12(24-13)14(21-8-6-20-7-9-21)10-2-1-3-11-15(10)23-16(18,19)22-11;/h1-5,14,20H,6-9H2;1H/t14-;/m1./s1. The highest BCUT2D eigenvalue weighted by Gasteiger charge is 2.45. The molecule has 1 fully saturated rings. The summed E-state index contributed by atoms with van der Waals surface area (Å²) in [5.74, 6) is 0.177. The molecule has 2 aliphatic rings. The van der Waals surface area contributed by atoms with Gasteiger partial charge in [-0.05, 0) is 18.2 Å². The van der Waals surface area contributed by atoms with E-state index in [0.717, 1.165) is 31.1 Å². The molecular weight excluding hydrogens is 393 g/mol. The van der Waals surface area contributed by atoms with Gasteiger partial charge >= 0.3 is 6.29 Å². The highest BCUT2D eigenvalue weighted by Crippen LogP contribution is 2.48. The number of nitrogens with one attached hydrogen (secondary N) is 1. The zero-order valence-corrected chi connectivity index (χ0v) is 15.4. The number of halogens is 4. The molecule has 3 heterocycles. The summed E-state index contributed by atoms with van der Waals surface area (Å²) in [5.41, 5.74) is 0.671. The van der Waals surface area contributed by atoms with Gasteiger partial charge in [0.15, 0.2) is 11.5 Å². The van der Waals surface area contributed by atoms with Crippen molar-refractivity contribution in [2.24, 2.45) is 0 Å². The number of benzene rings is 1. The second kappa shape index (κ2) is 7.25. The number of ether oxygens (including phenoxy) is 2. The number of hydrogen-bond acceptors (Lipinski definition) is 5. The lowest BCUT2D eigenvalue weighted by molar-refractivity contribution is -0.287. The van der Waals surface area contributed by atoms with Gasteiger partial charge in [0.1, 0.15) is 0 Å². The Kier molecular flexibility index (Phi) is 5.41. The van der Waals surface area contributed by atoms with Crippen molar-refractivity contribution in [1.29, 1.82) is 0 Å². The first kappa shape index (κ1) is 18.7. The van der Waals surface area contributed by atoms with Gasteiger partial charge in [0.05, 0.1) is 10.4 Å². The van der Waals surface area contributed by atoms with Crippen molar-refractivity contribution in [3.05, 3.63) is 45.1 Å². The van der Waals surface area contributed by atoms with Crippen molar-refractivity contribution < 1.29 is 18.3 Å². The summed E-state index contributed by atoms with van der Waals surface area (Å²) in [6.45, 7) is 3.30. The fraction of sp³-hybridized carbons (Fsp3) is 0.375. The van der Waals surface area contributed by atoms with Gasteiger partial charge < -0.3 is 14.8 Å². The third kappa shape index (κ3) is 3.71. The molecule has 25 heavy (non-hydrogen) atoms. The fourth-order valence-corrected chi connectivity index (χ4v) is 4.37. The molecule has 1 N–H and O–H groups in total. The third-order valence-corrected chi connectivity index (χ3v) is 5.42. The molecule has 1 saturated heterocycles. The number of nitrogens with zero attached hydrogens (tertiary/aromatic N) is 1. The highest BCUT2D eigenvalue weighted by molar-refractivity contribution is 7.16. The van der Waals surface area contributed by atoms with Crippen LogP contribution >= 0.6 is 35.3 Å². The Morgan fingerprint density at radius 2 is 1.92 bits per heavy atom. The van der Waals surface area contributed by atoms with Gasteiger partial charge in [0.2, 0.25) is 0 Å². The molecule has 1 atom stereocenters. The van der Waals surface area contributed by atoms with Gasteiger partial charge in [-0.1, -0.05) is 23.7 Å². The molecule has 0 spiro atoms. The van der Waals surface area contributed by atoms with Crippen molar-refractivity contribution in [1.82, 2.24) is 10.2 Å². The zero-order chi connectivity index (χ0) is 16.7. The first-order chi connectivity index (χ1) is 11.5. The molecule has 0 unspecified atom stereocenters. The predicted molar refractivity (Wildman–Crippen MR) is 95.5 cm³/mol. The van der Waals surface area contributed by atoms with Gasteiger partial charge in [0, 0.05) is 36.6 Å². The summed E-state index contributed by atoms with van der Waals surface area (Å²) >= 11 is 7.55. The molecule has 0 amide bonds. The van der Waals surface area contributed by atoms with Crippen LogP contribution in [0.2, 0.25) is 4.34 Å². The molecule has 4 rings (SSSR count). The van der Waals surface area contributed by atoms with Crippen LogP contribution in [0.15, 0.2) is 30.3 Å². The summed E-state index contributed by atoms with van der Waals surface area (Å²) in [6, 6.07) is 8.58. The van der Waals surface area contributed by atoms with E-state index in [1.54, 1.807) is 6.07 Å². The second-order valence-corrected chi connectivity index (χ2v) is 7.42. The minimum Gasteiger partial charge on any atom is -0.395 e. The van der Waals surface area contributed by atoms with Crippen LogP contribution in [0.1, 0.15) is 16.5 Å². The van der Waals surface area contributed by atoms with Gasteiger partial charge in [-0.2, -0.15) is 0 Å². The minimum atomic E-state index is -3.63. The maximum absolute atomic E-state index is 13.5. The number of alkyl halides is 2. The zero-order valence-electron chi connectivity index (χ0n) is 13.0. The maximum atomic E-state index is 13.5. The summed E-state index contributed by atoms with van der Waals surface area (Å²) in [4.78, 5) is 3.24. The quantitative estimate of drug-likeness (QED) is 0.827. The van der Waals surface area contributed by atoms with E-state index in [1.165, 1.54) is 17.4 Å². The van der Waals surface area contributed by atoms with Crippen molar-refractivity contribution in [3.8, 4) is 11.5 Å². The summed E-state index contributed by atoms with van der Waals surface area (Å²) < 4.78 is 37.2. The fourth-order valence-electron chi connectivity index (χ4n) is 3.15. The third-order valence-electron chi connectivity index (χ3n) is 4.13. The number of thiophene rings is 1. The van der Waals surface area contributed by atoms with E-state index in [1.807, 2.05) is 18.2 Å². The van der Waals surface area contributed by atoms with Gasteiger partial charge in [0.25, 0.3) is 0 Å². The molecule has 0 saturated carbocycles. The lowest BCUT2D eigenvalue weighted by Gasteiger charge is -2.35. The average molecular weight is 409 g/mol. The lowest BCUT2D eigenvalue weighted by atomic mass is 10.0. The van der Waals surface area contributed by atoms with Crippen LogP contribution in [-0.2, 0) is 0 Å². The number of piperazine rings is 1. The Morgan fingerprint density at radius 3 is 2.60 bits per heavy atom. The minimum absolute atomic E-state index is 0. The molecule has 136 valence electrons. The van der Waals surface area contributed by atoms with E-state index >= 15 is 0 Å². The summed E-state index contributed by atoms with van der Waals surface area (Å²) in [6.07, 6.45) is -3.63. The molecular formula is C16H16Cl2F2N2O2S. The van der Waals surface area contributed by atoms with E-state index in [9.17, 15) is 8.78 Å². The van der Waals surface area contributed by atoms with Crippen molar-refractivity contribution >= 4 is 35.3 Å². The Morgan fingerprint density at radius 1 is 1.16 bits per heavy atom. The SMILES string of the molecule is Cl.FC1(F)Oc2cccc([C@H](c3ccc(Cl)s3)N3CCNCC3)c2O1. The van der Waals surface area contributed by atoms with Crippen LogP contribution in [0.5, 0.6) is 11.5 Å². The average Bonchev–Trinajstić information content (AvgIpc) is 3.11. The number of para-hydroxylation sites is 1. The van der Waals surface area contributed by atoms with Gasteiger partial charge in [-0.25, -0.2) is 0 Å². The van der Waals surface area contributed by atoms with Crippen LogP contribution in [0, 0.1) is 0 Å². The summed E-state index contributed by atoms with van der Waals surface area (Å²) in [7, 11) is 0. The molecule has 1 aromatic heterocycles. The molecule has 1 aromatic carbocycles. The first-order valence-corrected chi connectivity index (χ1v) is 8.82. The topological polar surface area (TPSA) is 33.7 Å². The van der Waals surface area contributed by atoms with E-state index in [2.05, 4.69) is 15.0 Å². The van der Waals surface area contributed by atoms with Crippen LogP contribution in [0.4, 0.5) is 8.78 Å². The summed E-state index contributed by atoms with van der Waals surface area (Å²) in [5, 5.41) is 3.30. The van der Waals surface area contributed by atoms with E-state index in [4.69, 9.17) is 16.3 Å². The second-order valence-electron chi connectivity index (χ2n) is 5.67. The van der Waals surface area contributed by atoms with Crippen LogP contribution in [0.3, 0.4) is 0 Å². The Bertz CT molecular complexity index is 753. The molecule has 2 aliphatic heterocycles. The highest BCUT2D eigenvalue weighted by atomic mass is 35.5. The molecule has 0 bridgehead atoms. The smallest absolute Gasteiger partial charge is 0.395 e. The Balaban J connectivity index is 0.00000182. The van der Waals surface area contributed by atoms with Crippen molar-refractivity contribution in [2.75, 3.05) is 26.2 Å². The van der Waals surface area contributed by atoms with Crippen LogP contribution in [0.25, 0.3) is 0 Å². The largest absolute Gasteiger partial charge is 0.586 e. The molecule has 0 aliphatic carbocycles. The van der Waals surface area contributed by atoms with Crippen molar-refractivity contribution in [3.63, 3.8) is 0 Å². The number of rotatable bonds is 3. The lowest BCUT2D eigenvalue weighted by Crippen LogP contribution is -2.45. The molecule has 4 nitrogen and oxygen atoms in total. The Labute approximate surface area is 159 Å². The maximum Gasteiger partial charge on any atom is 0.586 e. The van der Waals surface area contributed by atoms with Crippen molar-refractivity contribution in [2.45, 2.75) is 12.3 Å². The normalized spacial score (nSPS) is 20.1. The van der Waals surface area contributed by atoms with Gasteiger partial charge in [-0.15, -0.1) is 32.5 Å². The monoisotopic (exact) mass is 408 g/mol. The van der Waals surface area contributed by atoms with Crippen LogP contribution in [-0.4, -0.2) is 37.4 Å². The first-order valence-electron chi connectivity index (χ1n) is 7.62. The van der Waals surface area contributed by atoms with E-state index in [0.29, 0.717) is 9.90 Å². The van der Waals surface area contributed by atoms with Crippen LogP contribution < -0.4 is 14.8 Å².